The van der Waals surface area contributed by atoms with Gasteiger partial charge < -0.3 is 10.1 Å². The first-order valence-corrected chi connectivity index (χ1v) is 7.82. The molecule has 2 heterocycles. The van der Waals surface area contributed by atoms with Crippen LogP contribution in [0.3, 0.4) is 0 Å². The molecule has 6 heteroatoms. The zero-order chi connectivity index (χ0) is 15.6. The van der Waals surface area contributed by atoms with Gasteiger partial charge in [-0.25, -0.2) is 9.97 Å². The maximum absolute atomic E-state index is 11.7. The number of aryl methyl sites for hydroxylation is 2. The maximum atomic E-state index is 11.7. The molecule has 0 aliphatic rings. The second-order valence-corrected chi connectivity index (χ2v) is 6.84. The molecule has 0 fully saturated rings. The molecule has 0 unspecified atom stereocenters. The molecule has 5 nitrogen and oxygen atoms in total. The predicted octanol–water partition coefficient (Wildman–Crippen LogP) is 3.45. The number of hydrogen-bond acceptors (Lipinski definition) is 6. The van der Waals surface area contributed by atoms with Crippen molar-refractivity contribution in [3.05, 3.63) is 16.8 Å². The van der Waals surface area contributed by atoms with E-state index < -0.39 is 5.60 Å². The Morgan fingerprint density at radius 2 is 2.05 bits per heavy atom. The number of rotatable bonds is 4. The van der Waals surface area contributed by atoms with E-state index >= 15 is 0 Å². The van der Waals surface area contributed by atoms with Crippen LogP contribution in [-0.4, -0.2) is 28.1 Å². The molecule has 0 saturated carbocycles. The second-order valence-electron chi connectivity index (χ2n) is 5.98. The lowest BCUT2D eigenvalue weighted by Crippen LogP contribution is -2.25. The highest BCUT2D eigenvalue weighted by atomic mass is 32.1. The van der Waals surface area contributed by atoms with Crippen LogP contribution in [0.1, 0.15) is 38.6 Å². The summed E-state index contributed by atoms with van der Waals surface area (Å²) < 4.78 is 5.29. The molecule has 0 amide bonds. The van der Waals surface area contributed by atoms with E-state index in [9.17, 15) is 4.79 Å². The number of nitrogens with zero attached hydrogens (tertiary/aromatic N) is 2. The number of carbonyl (C=O) groups excluding carboxylic acids is 1. The van der Waals surface area contributed by atoms with Crippen LogP contribution in [0, 0.1) is 13.8 Å². The average Bonchev–Trinajstić information content (AvgIpc) is 2.68. The number of esters is 1. The van der Waals surface area contributed by atoms with E-state index in [0.717, 1.165) is 27.4 Å². The monoisotopic (exact) mass is 307 g/mol. The van der Waals surface area contributed by atoms with E-state index in [1.165, 1.54) is 0 Å². The lowest BCUT2D eigenvalue weighted by atomic mass is 10.2. The van der Waals surface area contributed by atoms with Gasteiger partial charge in [0.05, 0.1) is 11.8 Å². The SMILES string of the molecule is Cc1nc(NCCC(=O)OC(C)(C)C)c2c(C)csc2n1. The van der Waals surface area contributed by atoms with Gasteiger partial charge in [-0.15, -0.1) is 11.3 Å². The first-order chi connectivity index (χ1) is 9.76. The van der Waals surface area contributed by atoms with Crippen molar-refractivity contribution >= 4 is 33.3 Å². The third-order valence-electron chi connectivity index (χ3n) is 2.77. The average molecular weight is 307 g/mol. The zero-order valence-electron chi connectivity index (χ0n) is 13.1. The summed E-state index contributed by atoms with van der Waals surface area (Å²) in [5.74, 6) is 1.31. The van der Waals surface area contributed by atoms with E-state index in [-0.39, 0.29) is 5.97 Å². The molecule has 0 bridgehead atoms. The lowest BCUT2D eigenvalue weighted by molar-refractivity contribution is -0.154. The maximum Gasteiger partial charge on any atom is 0.308 e. The molecule has 0 spiro atoms. The van der Waals surface area contributed by atoms with Crippen LogP contribution in [0.2, 0.25) is 0 Å². The summed E-state index contributed by atoms with van der Waals surface area (Å²) in [5.41, 5.74) is 0.703. The minimum absolute atomic E-state index is 0.209. The van der Waals surface area contributed by atoms with Crippen molar-refractivity contribution in [2.24, 2.45) is 0 Å². The lowest BCUT2D eigenvalue weighted by Gasteiger charge is -2.19. The van der Waals surface area contributed by atoms with Crippen LogP contribution in [0.5, 0.6) is 0 Å². The summed E-state index contributed by atoms with van der Waals surface area (Å²) >= 11 is 1.61. The predicted molar refractivity (Wildman–Crippen MR) is 85.8 cm³/mol. The second kappa shape index (κ2) is 5.97. The first-order valence-electron chi connectivity index (χ1n) is 6.94. The van der Waals surface area contributed by atoms with Gasteiger partial charge in [0, 0.05) is 6.54 Å². The Labute approximate surface area is 128 Å². The summed E-state index contributed by atoms with van der Waals surface area (Å²) in [6.07, 6.45) is 0.311. The Morgan fingerprint density at radius 1 is 1.33 bits per heavy atom. The van der Waals surface area contributed by atoms with Crippen molar-refractivity contribution in [2.45, 2.75) is 46.6 Å². The Morgan fingerprint density at radius 3 is 2.71 bits per heavy atom. The van der Waals surface area contributed by atoms with Crippen molar-refractivity contribution < 1.29 is 9.53 Å². The topological polar surface area (TPSA) is 64.1 Å². The van der Waals surface area contributed by atoms with Crippen LogP contribution in [0.4, 0.5) is 5.82 Å². The van der Waals surface area contributed by atoms with Crippen molar-refractivity contribution in [1.82, 2.24) is 9.97 Å². The van der Waals surface area contributed by atoms with E-state index in [2.05, 4.69) is 20.7 Å². The van der Waals surface area contributed by atoms with Crippen LogP contribution in [-0.2, 0) is 9.53 Å². The Kier molecular flexibility index (Phi) is 4.46. The quantitative estimate of drug-likeness (QED) is 0.876. The van der Waals surface area contributed by atoms with Crippen LogP contribution in [0.25, 0.3) is 10.2 Å². The van der Waals surface area contributed by atoms with E-state index in [1.54, 1.807) is 11.3 Å². The third-order valence-corrected chi connectivity index (χ3v) is 3.76. The zero-order valence-corrected chi connectivity index (χ0v) is 13.9. The molecule has 0 saturated heterocycles. The highest BCUT2D eigenvalue weighted by molar-refractivity contribution is 7.17. The van der Waals surface area contributed by atoms with Crippen molar-refractivity contribution in [1.29, 1.82) is 0 Å². The number of hydrogen-bond donors (Lipinski definition) is 1. The minimum Gasteiger partial charge on any atom is -0.460 e. The highest BCUT2D eigenvalue weighted by Crippen LogP contribution is 2.29. The molecule has 21 heavy (non-hydrogen) atoms. The summed E-state index contributed by atoms with van der Waals surface area (Å²) in [6.45, 7) is 10.00. The number of nitrogens with one attached hydrogen (secondary N) is 1. The van der Waals surface area contributed by atoms with Gasteiger partial charge in [0.25, 0.3) is 0 Å². The third kappa shape index (κ3) is 4.14. The fraction of sp³-hybridized carbons (Fsp3) is 0.533. The number of ether oxygens (including phenoxy) is 1. The molecule has 0 aliphatic heterocycles. The minimum atomic E-state index is -0.445. The number of anilines is 1. The molecule has 2 aromatic rings. The van der Waals surface area contributed by atoms with Gasteiger partial charge in [-0.1, -0.05) is 0 Å². The molecule has 0 aliphatic carbocycles. The fourth-order valence-electron chi connectivity index (χ4n) is 1.99. The molecule has 0 atom stereocenters. The van der Waals surface area contributed by atoms with Gasteiger partial charge in [0.1, 0.15) is 22.1 Å². The van der Waals surface area contributed by atoms with Crippen LogP contribution < -0.4 is 5.32 Å². The van der Waals surface area contributed by atoms with Crippen LogP contribution >= 0.6 is 11.3 Å². The van der Waals surface area contributed by atoms with Gasteiger partial charge in [0.2, 0.25) is 0 Å². The Hall–Kier alpha value is -1.69. The van der Waals surface area contributed by atoms with Gasteiger partial charge in [0.15, 0.2) is 0 Å². The van der Waals surface area contributed by atoms with E-state index in [0.29, 0.717) is 13.0 Å². The Balaban J connectivity index is 2.04. The Bertz CT molecular complexity index is 659. The van der Waals surface area contributed by atoms with Crippen molar-refractivity contribution in [3.8, 4) is 0 Å². The molecule has 1 N–H and O–H groups in total. The van der Waals surface area contributed by atoms with Crippen LogP contribution in [0.15, 0.2) is 5.38 Å². The smallest absolute Gasteiger partial charge is 0.308 e. The number of fused-ring (bicyclic) bond motifs is 1. The molecule has 2 aromatic heterocycles. The molecule has 114 valence electrons. The summed E-state index contributed by atoms with van der Waals surface area (Å²) in [7, 11) is 0. The van der Waals surface area contributed by atoms with E-state index in [1.807, 2.05) is 34.6 Å². The van der Waals surface area contributed by atoms with Gasteiger partial charge in [-0.05, 0) is 45.6 Å². The summed E-state index contributed by atoms with van der Waals surface area (Å²) in [4.78, 5) is 21.5. The van der Waals surface area contributed by atoms with Gasteiger partial charge in [-0.2, -0.15) is 0 Å². The molecule has 2 rings (SSSR count). The molecular formula is C15H21N3O2S. The summed E-state index contributed by atoms with van der Waals surface area (Å²) in [6, 6.07) is 0. The fourth-order valence-corrected chi connectivity index (χ4v) is 2.96. The van der Waals surface area contributed by atoms with Gasteiger partial charge in [-0.3, -0.25) is 4.79 Å². The first kappa shape index (κ1) is 15.7. The standard InChI is InChI=1S/C15H21N3O2S/c1-9-8-21-14-12(9)13(17-10(2)18-14)16-7-6-11(19)20-15(3,4)5/h8H,6-7H2,1-5H3,(H,16,17,18). The van der Waals surface area contributed by atoms with Crippen molar-refractivity contribution in [3.63, 3.8) is 0 Å². The highest BCUT2D eigenvalue weighted by Gasteiger charge is 2.16. The van der Waals surface area contributed by atoms with Gasteiger partial charge >= 0.3 is 5.97 Å². The largest absolute Gasteiger partial charge is 0.460 e. The molecular weight excluding hydrogens is 286 g/mol. The number of thiophene rings is 1. The van der Waals surface area contributed by atoms with E-state index in [4.69, 9.17) is 4.74 Å². The summed E-state index contributed by atoms with van der Waals surface area (Å²) in [5, 5.41) is 6.33. The molecule has 0 radical (unpaired) electrons. The molecule has 0 aromatic carbocycles. The van der Waals surface area contributed by atoms with Crippen molar-refractivity contribution in [2.75, 3.05) is 11.9 Å². The number of aromatic nitrogens is 2. The number of carbonyl (C=O) groups is 1. The normalized spacial score (nSPS) is 11.7.